The number of anilines is 1. The number of ether oxygens (including phenoxy) is 1. The van der Waals surface area contributed by atoms with Gasteiger partial charge in [0.1, 0.15) is 17.1 Å². The van der Waals surface area contributed by atoms with Crippen LogP contribution in [0.4, 0.5) is 14.9 Å². The van der Waals surface area contributed by atoms with E-state index in [-0.39, 0.29) is 23.5 Å². The lowest BCUT2D eigenvalue weighted by Crippen LogP contribution is -2.54. The zero-order chi connectivity index (χ0) is 25.3. The minimum absolute atomic E-state index is 0.237. The van der Waals surface area contributed by atoms with Gasteiger partial charge in [0.25, 0.3) is 11.8 Å². The molecule has 0 aromatic heterocycles. The molecule has 0 spiro atoms. The number of rotatable bonds is 5. The van der Waals surface area contributed by atoms with Crippen molar-refractivity contribution in [2.24, 2.45) is 0 Å². The van der Waals surface area contributed by atoms with Crippen molar-refractivity contribution >= 4 is 57.1 Å². The first kappa shape index (κ1) is 24.6. The van der Waals surface area contributed by atoms with Crippen LogP contribution in [0.2, 0.25) is 5.02 Å². The molecule has 178 valence electrons. The molecular formula is C26H19BrClFN2O4. The second-order valence-electron chi connectivity index (χ2n) is 7.84. The molecule has 3 aromatic rings. The summed E-state index contributed by atoms with van der Waals surface area (Å²) in [5.41, 5.74) is 2.44. The molecule has 4 rings (SSSR count). The van der Waals surface area contributed by atoms with Gasteiger partial charge in [-0.3, -0.25) is 14.9 Å². The third-order valence-corrected chi connectivity index (χ3v) is 6.66. The first-order valence-electron chi connectivity index (χ1n) is 10.5. The van der Waals surface area contributed by atoms with Crippen molar-refractivity contribution in [1.29, 1.82) is 0 Å². The van der Waals surface area contributed by atoms with Gasteiger partial charge in [0.2, 0.25) is 0 Å². The number of aryl methyl sites for hydroxylation is 1. The fourth-order valence-corrected chi connectivity index (χ4v) is 4.45. The van der Waals surface area contributed by atoms with Crippen LogP contribution >= 0.6 is 27.5 Å². The van der Waals surface area contributed by atoms with Crippen molar-refractivity contribution in [3.63, 3.8) is 0 Å². The molecule has 0 saturated carbocycles. The second kappa shape index (κ2) is 10.0. The number of methoxy groups -OCH3 is 1. The predicted molar refractivity (Wildman–Crippen MR) is 135 cm³/mol. The summed E-state index contributed by atoms with van der Waals surface area (Å²) in [6, 6.07) is 13.6. The van der Waals surface area contributed by atoms with Crippen LogP contribution in [-0.2, 0) is 16.0 Å². The van der Waals surface area contributed by atoms with Gasteiger partial charge in [-0.15, -0.1) is 0 Å². The van der Waals surface area contributed by atoms with Crippen LogP contribution in [0.5, 0.6) is 5.75 Å². The highest BCUT2D eigenvalue weighted by atomic mass is 79.9. The van der Waals surface area contributed by atoms with Gasteiger partial charge in [-0.1, -0.05) is 51.8 Å². The van der Waals surface area contributed by atoms with E-state index in [0.717, 1.165) is 10.5 Å². The smallest absolute Gasteiger partial charge is 0.335 e. The summed E-state index contributed by atoms with van der Waals surface area (Å²) in [7, 11) is 1.48. The Kier molecular flexibility index (Phi) is 7.05. The first-order valence-corrected chi connectivity index (χ1v) is 11.6. The van der Waals surface area contributed by atoms with Crippen LogP contribution in [0, 0.1) is 12.7 Å². The van der Waals surface area contributed by atoms with E-state index in [1.807, 2.05) is 0 Å². The molecular weight excluding hydrogens is 539 g/mol. The van der Waals surface area contributed by atoms with Crippen LogP contribution in [0.15, 0.2) is 64.6 Å². The van der Waals surface area contributed by atoms with Crippen LogP contribution in [0.1, 0.15) is 22.3 Å². The highest BCUT2D eigenvalue weighted by molar-refractivity contribution is 9.10. The van der Waals surface area contributed by atoms with E-state index in [4.69, 9.17) is 16.3 Å². The highest BCUT2D eigenvalue weighted by Gasteiger charge is 2.37. The highest BCUT2D eigenvalue weighted by Crippen LogP contribution is 2.33. The van der Waals surface area contributed by atoms with Crippen LogP contribution < -0.4 is 15.0 Å². The van der Waals surface area contributed by atoms with Gasteiger partial charge in [0.05, 0.1) is 12.8 Å². The van der Waals surface area contributed by atoms with Crippen molar-refractivity contribution in [1.82, 2.24) is 5.32 Å². The third kappa shape index (κ3) is 4.99. The number of halogens is 3. The molecule has 3 aromatic carbocycles. The van der Waals surface area contributed by atoms with E-state index in [1.165, 1.54) is 25.3 Å². The number of benzene rings is 3. The number of hydrogen-bond acceptors (Lipinski definition) is 4. The zero-order valence-electron chi connectivity index (χ0n) is 18.7. The Labute approximate surface area is 214 Å². The number of nitrogens with zero attached hydrogens (tertiary/aromatic N) is 1. The lowest BCUT2D eigenvalue weighted by Gasteiger charge is -2.26. The molecule has 0 aliphatic carbocycles. The van der Waals surface area contributed by atoms with E-state index < -0.39 is 17.8 Å². The number of urea groups is 1. The molecule has 0 bridgehead atoms. The average molecular weight is 558 g/mol. The molecule has 1 saturated heterocycles. The van der Waals surface area contributed by atoms with Crippen molar-refractivity contribution in [3.8, 4) is 5.75 Å². The monoisotopic (exact) mass is 556 g/mol. The third-order valence-electron chi connectivity index (χ3n) is 5.55. The average Bonchev–Trinajstić information content (AvgIpc) is 2.81. The number of nitrogens with one attached hydrogen (secondary N) is 1. The Bertz CT molecular complexity index is 1410. The van der Waals surface area contributed by atoms with Crippen molar-refractivity contribution in [2.45, 2.75) is 13.3 Å². The Morgan fingerprint density at radius 3 is 2.54 bits per heavy atom. The fourth-order valence-electron chi connectivity index (χ4n) is 3.68. The standard InChI is InChI=1S/C26H19BrClFN2O4/c1-14-7-8-17(13-21(14)28)31-25(33)19(24(32)30-26(31)34)9-15-10-20(27)18(23(11-15)35-2)12-16-5-3-4-6-22(16)29/h3-11,13H,12H2,1-2H3,(H,30,32,34)/b19-9+. The molecule has 1 aliphatic rings. The Hall–Kier alpha value is -3.49. The number of carbonyl (C=O) groups is 3. The topological polar surface area (TPSA) is 75.7 Å². The fraction of sp³-hybridized carbons (Fsp3) is 0.115. The Balaban J connectivity index is 1.72. The summed E-state index contributed by atoms with van der Waals surface area (Å²) in [6.07, 6.45) is 1.64. The summed E-state index contributed by atoms with van der Waals surface area (Å²) < 4.78 is 20.3. The molecule has 1 aliphatic heterocycles. The van der Waals surface area contributed by atoms with Gasteiger partial charge in [-0.05, 0) is 60.0 Å². The Morgan fingerprint density at radius 1 is 1.11 bits per heavy atom. The molecule has 1 N–H and O–H groups in total. The maximum atomic E-state index is 14.2. The van der Waals surface area contributed by atoms with Gasteiger partial charge < -0.3 is 4.74 Å². The number of barbiturate groups is 1. The Morgan fingerprint density at radius 2 is 1.86 bits per heavy atom. The molecule has 6 nitrogen and oxygen atoms in total. The summed E-state index contributed by atoms with van der Waals surface area (Å²) >= 11 is 9.66. The lowest BCUT2D eigenvalue weighted by molar-refractivity contribution is -0.122. The number of carbonyl (C=O) groups excluding carboxylic acids is 3. The maximum absolute atomic E-state index is 14.2. The van der Waals surface area contributed by atoms with E-state index in [1.54, 1.807) is 49.4 Å². The predicted octanol–water partition coefficient (Wildman–Crippen LogP) is 5.82. The SMILES string of the molecule is COc1cc(/C=C2\C(=O)NC(=O)N(c3ccc(C)c(Cl)c3)C2=O)cc(Br)c1Cc1ccccc1F. The molecule has 35 heavy (non-hydrogen) atoms. The summed E-state index contributed by atoms with van der Waals surface area (Å²) in [6.45, 7) is 1.79. The molecule has 0 unspecified atom stereocenters. The molecule has 0 atom stereocenters. The van der Waals surface area contributed by atoms with Gasteiger partial charge in [0.15, 0.2) is 0 Å². The summed E-state index contributed by atoms with van der Waals surface area (Å²) in [4.78, 5) is 39.0. The van der Waals surface area contributed by atoms with E-state index >= 15 is 0 Å². The van der Waals surface area contributed by atoms with Gasteiger partial charge in [0, 0.05) is 21.5 Å². The second-order valence-corrected chi connectivity index (χ2v) is 9.10. The maximum Gasteiger partial charge on any atom is 0.335 e. The van der Waals surface area contributed by atoms with E-state index in [0.29, 0.717) is 31.9 Å². The van der Waals surface area contributed by atoms with Crippen LogP contribution in [0.25, 0.3) is 6.08 Å². The number of imide groups is 2. The molecule has 9 heteroatoms. The van der Waals surface area contributed by atoms with Gasteiger partial charge in [-0.25, -0.2) is 14.1 Å². The largest absolute Gasteiger partial charge is 0.496 e. The molecule has 0 radical (unpaired) electrons. The van der Waals surface area contributed by atoms with Crippen LogP contribution in [0.3, 0.4) is 0 Å². The van der Waals surface area contributed by atoms with Gasteiger partial charge in [-0.2, -0.15) is 0 Å². The normalized spacial score (nSPS) is 14.9. The molecule has 4 amide bonds. The van der Waals surface area contributed by atoms with Crippen molar-refractivity contribution in [3.05, 3.63) is 97.7 Å². The zero-order valence-corrected chi connectivity index (χ0v) is 21.0. The minimum atomic E-state index is -0.865. The molecule has 1 heterocycles. The van der Waals surface area contributed by atoms with E-state index in [2.05, 4.69) is 21.2 Å². The lowest BCUT2D eigenvalue weighted by atomic mass is 10.00. The van der Waals surface area contributed by atoms with Crippen molar-refractivity contribution < 1.29 is 23.5 Å². The quantitative estimate of drug-likeness (QED) is 0.317. The minimum Gasteiger partial charge on any atom is -0.496 e. The summed E-state index contributed by atoms with van der Waals surface area (Å²) in [5, 5.41) is 2.57. The summed E-state index contributed by atoms with van der Waals surface area (Å²) in [5.74, 6) is -1.50. The van der Waals surface area contributed by atoms with E-state index in [9.17, 15) is 18.8 Å². The first-order chi connectivity index (χ1) is 16.7. The van der Waals surface area contributed by atoms with Crippen molar-refractivity contribution in [2.75, 3.05) is 12.0 Å². The van der Waals surface area contributed by atoms with Crippen LogP contribution in [-0.4, -0.2) is 25.0 Å². The number of amides is 4. The molecule has 1 fully saturated rings. The van der Waals surface area contributed by atoms with Gasteiger partial charge >= 0.3 is 6.03 Å². The number of hydrogen-bond donors (Lipinski definition) is 1.